The van der Waals surface area contributed by atoms with Gasteiger partial charge in [0.15, 0.2) is 0 Å². The molecule has 2 aromatic heterocycles. The van der Waals surface area contributed by atoms with E-state index < -0.39 is 15.8 Å². The molecule has 0 spiro atoms. The van der Waals surface area contributed by atoms with Gasteiger partial charge >= 0.3 is 0 Å². The molecule has 0 unspecified atom stereocenters. The van der Waals surface area contributed by atoms with Crippen LogP contribution < -0.4 is 9.46 Å². The van der Waals surface area contributed by atoms with Crippen molar-refractivity contribution in [3.63, 3.8) is 0 Å². The third-order valence-corrected chi connectivity index (χ3v) is 5.78. The van der Waals surface area contributed by atoms with Crippen LogP contribution in [0.2, 0.25) is 0 Å². The first-order valence-electron chi connectivity index (χ1n) is 9.25. The summed E-state index contributed by atoms with van der Waals surface area (Å²) in [6, 6.07) is 16.6. The van der Waals surface area contributed by atoms with Crippen molar-refractivity contribution in [1.82, 2.24) is 19.3 Å². The topological polar surface area (TPSA) is 86.1 Å². The number of benzene rings is 2. The maximum atomic E-state index is 13.4. The van der Waals surface area contributed by atoms with E-state index in [1.165, 1.54) is 24.4 Å². The number of ether oxygens (including phenoxy) is 1. The Morgan fingerprint density at radius 2 is 1.90 bits per heavy atom. The number of aryl methyl sites for hydroxylation is 1. The Kier molecular flexibility index (Phi) is 5.73. The van der Waals surface area contributed by atoms with Crippen LogP contribution >= 0.6 is 0 Å². The fourth-order valence-electron chi connectivity index (χ4n) is 2.96. The Morgan fingerprint density at radius 3 is 2.77 bits per heavy atom. The highest BCUT2D eigenvalue weighted by atomic mass is 32.2. The number of sulfonamides is 1. The second kappa shape index (κ2) is 8.60. The monoisotopic (exact) mass is 426 g/mol. The number of aromatic nitrogens is 3. The summed E-state index contributed by atoms with van der Waals surface area (Å²) in [4.78, 5) is 8.40. The molecule has 0 bridgehead atoms. The Labute approximate surface area is 173 Å². The summed E-state index contributed by atoms with van der Waals surface area (Å²) in [6.07, 6.45) is 3.16. The molecule has 7 nitrogen and oxygen atoms in total. The number of hydrogen-bond acceptors (Lipinski definition) is 5. The van der Waals surface area contributed by atoms with Crippen molar-refractivity contribution in [2.75, 3.05) is 5.75 Å². The van der Waals surface area contributed by atoms with Crippen LogP contribution in [0.5, 0.6) is 11.6 Å². The van der Waals surface area contributed by atoms with Gasteiger partial charge in [0.1, 0.15) is 11.6 Å². The number of halogens is 1. The van der Waals surface area contributed by atoms with Crippen LogP contribution in [0.4, 0.5) is 4.39 Å². The molecule has 0 aliphatic carbocycles. The lowest BCUT2D eigenvalue weighted by Gasteiger charge is -2.11. The molecule has 0 saturated carbocycles. The lowest BCUT2D eigenvalue weighted by atomic mass is 10.3. The third kappa shape index (κ3) is 4.81. The average molecular weight is 426 g/mol. The minimum absolute atomic E-state index is 0.00546. The normalized spacial score (nSPS) is 11.6. The zero-order chi connectivity index (χ0) is 21.0. The first kappa shape index (κ1) is 20.0. The fourth-order valence-corrected chi connectivity index (χ4v) is 3.92. The first-order valence-corrected chi connectivity index (χ1v) is 10.9. The van der Waals surface area contributed by atoms with Crippen molar-refractivity contribution in [1.29, 1.82) is 0 Å². The van der Waals surface area contributed by atoms with Gasteiger partial charge in [-0.2, -0.15) is 0 Å². The second-order valence-electron chi connectivity index (χ2n) is 6.59. The molecule has 2 aromatic carbocycles. The van der Waals surface area contributed by atoms with Crippen LogP contribution in [0.1, 0.15) is 5.56 Å². The molecule has 0 saturated heterocycles. The maximum Gasteiger partial charge on any atom is 0.223 e. The highest BCUT2D eigenvalue weighted by molar-refractivity contribution is 7.89. The van der Waals surface area contributed by atoms with Crippen LogP contribution in [0.25, 0.3) is 11.0 Å². The molecular formula is C21H19FN4O3S. The number of imidazole rings is 1. The predicted octanol–water partition coefficient (Wildman–Crippen LogP) is 3.48. The van der Waals surface area contributed by atoms with Crippen molar-refractivity contribution < 1.29 is 17.5 Å². The largest absolute Gasteiger partial charge is 0.439 e. The summed E-state index contributed by atoms with van der Waals surface area (Å²) in [5, 5.41) is 0. The van der Waals surface area contributed by atoms with E-state index in [4.69, 9.17) is 4.74 Å². The average Bonchev–Trinajstić information content (AvgIpc) is 3.15. The quantitative estimate of drug-likeness (QED) is 0.466. The van der Waals surface area contributed by atoms with Gasteiger partial charge in [-0.25, -0.2) is 27.5 Å². The van der Waals surface area contributed by atoms with E-state index in [-0.39, 0.29) is 30.5 Å². The van der Waals surface area contributed by atoms with Crippen LogP contribution in [0, 0.1) is 5.82 Å². The summed E-state index contributed by atoms with van der Waals surface area (Å²) < 4.78 is 48.4. The third-order valence-electron chi connectivity index (χ3n) is 4.47. The van der Waals surface area contributed by atoms with Crippen LogP contribution in [0.15, 0.2) is 73.2 Å². The van der Waals surface area contributed by atoms with Gasteiger partial charge < -0.3 is 9.30 Å². The number of fused-ring (bicyclic) bond motifs is 1. The first-order chi connectivity index (χ1) is 14.5. The predicted molar refractivity (Wildman–Crippen MR) is 111 cm³/mol. The number of pyridine rings is 1. The van der Waals surface area contributed by atoms with E-state index in [9.17, 15) is 12.8 Å². The molecule has 2 heterocycles. The van der Waals surface area contributed by atoms with E-state index in [0.29, 0.717) is 5.56 Å². The van der Waals surface area contributed by atoms with Gasteiger partial charge in [0.05, 0.1) is 23.1 Å². The van der Waals surface area contributed by atoms with Gasteiger partial charge in [0.2, 0.25) is 15.9 Å². The summed E-state index contributed by atoms with van der Waals surface area (Å²) in [6.45, 7) is 0.279. The SMILES string of the molecule is O=S(=O)(CCn1cnc2ccccc21)NCc1cccnc1Oc1cccc(F)c1. The summed E-state index contributed by atoms with van der Waals surface area (Å²) in [7, 11) is -3.56. The summed E-state index contributed by atoms with van der Waals surface area (Å²) >= 11 is 0. The van der Waals surface area contributed by atoms with Gasteiger partial charge in [-0.3, -0.25) is 0 Å². The lowest BCUT2D eigenvalue weighted by Crippen LogP contribution is -2.28. The number of nitrogens with zero attached hydrogens (tertiary/aromatic N) is 3. The minimum atomic E-state index is -3.56. The highest BCUT2D eigenvalue weighted by Crippen LogP contribution is 2.23. The number of nitrogens with one attached hydrogen (secondary N) is 1. The van der Waals surface area contributed by atoms with E-state index in [0.717, 1.165) is 11.0 Å². The molecular weight excluding hydrogens is 407 g/mol. The van der Waals surface area contributed by atoms with Crippen LogP contribution in [0.3, 0.4) is 0 Å². The standard InChI is InChI=1S/C21H19FN4O3S/c22-17-6-3-7-18(13-17)29-21-16(5-4-10-23-21)14-25-30(27,28)12-11-26-15-24-19-8-1-2-9-20(19)26/h1-10,13,15,25H,11-12,14H2. The van der Waals surface area contributed by atoms with E-state index in [2.05, 4.69) is 14.7 Å². The molecule has 0 atom stereocenters. The molecule has 4 aromatic rings. The van der Waals surface area contributed by atoms with E-state index in [1.54, 1.807) is 29.1 Å². The molecule has 9 heteroatoms. The van der Waals surface area contributed by atoms with Gasteiger partial charge in [-0.1, -0.05) is 24.3 Å². The van der Waals surface area contributed by atoms with Gasteiger partial charge in [-0.15, -0.1) is 0 Å². The molecule has 0 fully saturated rings. The molecule has 30 heavy (non-hydrogen) atoms. The van der Waals surface area contributed by atoms with Crippen LogP contribution in [-0.2, 0) is 23.1 Å². The van der Waals surface area contributed by atoms with Crippen molar-refractivity contribution >= 4 is 21.1 Å². The van der Waals surface area contributed by atoms with Crippen molar-refractivity contribution in [3.05, 3.63) is 84.6 Å². The molecule has 154 valence electrons. The highest BCUT2D eigenvalue weighted by Gasteiger charge is 2.14. The number of rotatable bonds is 8. The fraction of sp³-hybridized carbons (Fsp3) is 0.143. The molecule has 0 amide bonds. The molecule has 0 aliphatic heterocycles. The number of hydrogen-bond donors (Lipinski definition) is 1. The summed E-state index contributed by atoms with van der Waals surface area (Å²) in [5.41, 5.74) is 2.24. The molecule has 4 rings (SSSR count). The van der Waals surface area contributed by atoms with Gasteiger partial charge in [0.25, 0.3) is 0 Å². The van der Waals surface area contributed by atoms with Crippen molar-refractivity contribution in [3.8, 4) is 11.6 Å². The Hall–Kier alpha value is -3.30. The van der Waals surface area contributed by atoms with Crippen molar-refractivity contribution in [2.45, 2.75) is 13.1 Å². The molecule has 0 aliphatic rings. The number of para-hydroxylation sites is 2. The van der Waals surface area contributed by atoms with Gasteiger partial charge in [-0.05, 0) is 30.3 Å². The summed E-state index contributed by atoms with van der Waals surface area (Å²) in [5.74, 6) is -0.0397. The second-order valence-corrected chi connectivity index (χ2v) is 8.52. The molecule has 0 radical (unpaired) electrons. The van der Waals surface area contributed by atoms with E-state index >= 15 is 0 Å². The van der Waals surface area contributed by atoms with Crippen LogP contribution in [-0.4, -0.2) is 28.7 Å². The Balaban J connectivity index is 1.41. The maximum absolute atomic E-state index is 13.4. The smallest absolute Gasteiger partial charge is 0.223 e. The molecule has 1 N–H and O–H groups in total. The Morgan fingerprint density at radius 1 is 1.03 bits per heavy atom. The van der Waals surface area contributed by atoms with E-state index in [1.807, 2.05) is 24.3 Å². The van der Waals surface area contributed by atoms with Gasteiger partial charge in [0, 0.05) is 30.9 Å². The van der Waals surface area contributed by atoms with Crippen molar-refractivity contribution in [2.24, 2.45) is 0 Å². The lowest BCUT2D eigenvalue weighted by molar-refractivity contribution is 0.451. The Bertz CT molecular complexity index is 1270. The zero-order valence-corrected chi connectivity index (χ0v) is 16.7. The minimum Gasteiger partial charge on any atom is -0.439 e. The zero-order valence-electron chi connectivity index (χ0n) is 15.9.